The highest BCUT2D eigenvalue weighted by atomic mass is 16.5. The number of ether oxygens (including phenoxy) is 1. The van der Waals surface area contributed by atoms with E-state index in [-0.39, 0.29) is 0 Å². The van der Waals surface area contributed by atoms with Crippen LogP contribution in [-0.4, -0.2) is 21.8 Å². The minimum Gasteiger partial charge on any atom is -0.491 e. The second kappa shape index (κ2) is 7.91. The van der Waals surface area contributed by atoms with Crippen LogP contribution >= 0.6 is 0 Å². The van der Waals surface area contributed by atoms with E-state index < -0.39 is 0 Å². The number of rotatable bonds is 7. The molecule has 2 aromatic heterocycles. The van der Waals surface area contributed by atoms with Crippen LogP contribution in [0.5, 0.6) is 5.75 Å². The first-order chi connectivity index (χ1) is 13.3. The molecule has 0 fully saturated rings. The first kappa shape index (κ1) is 17.1. The molecule has 2 aromatic carbocycles. The van der Waals surface area contributed by atoms with Crippen LogP contribution in [0.1, 0.15) is 16.8 Å². The third-order valence-corrected chi connectivity index (χ3v) is 4.52. The Hall–Kier alpha value is -3.34. The van der Waals surface area contributed by atoms with Crippen molar-refractivity contribution >= 4 is 16.7 Å². The van der Waals surface area contributed by atoms with E-state index in [9.17, 15) is 0 Å². The Morgan fingerprint density at radius 1 is 1.00 bits per heavy atom. The third-order valence-electron chi connectivity index (χ3n) is 4.52. The normalized spacial score (nSPS) is 10.9. The minimum absolute atomic E-state index is 0.643. The lowest BCUT2D eigenvalue weighted by Crippen LogP contribution is -2.05. The molecule has 0 amide bonds. The van der Waals surface area contributed by atoms with E-state index in [1.165, 1.54) is 5.56 Å². The molecule has 0 saturated carbocycles. The summed E-state index contributed by atoms with van der Waals surface area (Å²) in [7, 11) is 0. The van der Waals surface area contributed by atoms with Gasteiger partial charge in [-0.2, -0.15) is 5.10 Å². The molecule has 4 rings (SSSR count). The maximum Gasteiger partial charge on any atom is 0.181 e. The minimum atomic E-state index is 0.643. The van der Waals surface area contributed by atoms with Crippen LogP contribution in [0.15, 0.2) is 66.9 Å². The summed E-state index contributed by atoms with van der Waals surface area (Å²) in [6.45, 7) is 3.32. The zero-order chi connectivity index (χ0) is 18.5. The van der Waals surface area contributed by atoms with E-state index in [0.29, 0.717) is 13.2 Å². The molecule has 0 aliphatic rings. The number of aryl methyl sites for hydroxylation is 1. The van der Waals surface area contributed by atoms with Crippen LogP contribution in [0.3, 0.4) is 0 Å². The summed E-state index contributed by atoms with van der Waals surface area (Å²) in [5.74, 6) is 0.863. The largest absolute Gasteiger partial charge is 0.491 e. The summed E-state index contributed by atoms with van der Waals surface area (Å²) in [6, 6.07) is 20.5. The number of hydrogen-bond donors (Lipinski definition) is 2. The van der Waals surface area contributed by atoms with Crippen LogP contribution in [0.4, 0.5) is 5.69 Å². The van der Waals surface area contributed by atoms with Gasteiger partial charge in [0.25, 0.3) is 0 Å². The molecule has 5 nitrogen and oxygen atoms in total. The van der Waals surface area contributed by atoms with Crippen molar-refractivity contribution < 1.29 is 4.74 Å². The van der Waals surface area contributed by atoms with Gasteiger partial charge in [0.2, 0.25) is 0 Å². The topological polar surface area (TPSA) is 62.8 Å². The maximum atomic E-state index is 6.01. The Labute approximate surface area is 158 Å². The molecule has 0 aliphatic heterocycles. The van der Waals surface area contributed by atoms with E-state index in [4.69, 9.17) is 4.74 Å². The first-order valence-electron chi connectivity index (χ1n) is 9.09. The highest BCUT2D eigenvalue weighted by Gasteiger charge is 2.06. The number of pyridine rings is 1. The number of nitrogens with one attached hydrogen (secondary N) is 2. The average Bonchev–Trinajstić information content (AvgIpc) is 3.08. The first-order valence-corrected chi connectivity index (χ1v) is 9.09. The van der Waals surface area contributed by atoms with Gasteiger partial charge in [-0.1, -0.05) is 42.5 Å². The Morgan fingerprint density at radius 3 is 2.70 bits per heavy atom. The van der Waals surface area contributed by atoms with Crippen molar-refractivity contribution in [3.63, 3.8) is 0 Å². The van der Waals surface area contributed by atoms with Gasteiger partial charge in [-0.3, -0.25) is 5.10 Å². The molecule has 2 N–H and O–H groups in total. The highest BCUT2D eigenvalue weighted by Crippen LogP contribution is 2.25. The number of aromatic nitrogens is 3. The Balaban J connectivity index is 1.40. The molecule has 0 aliphatic carbocycles. The molecule has 136 valence electrons. The molecular weight excluding hydrogens is 336 g/mol. The third kappa shape index (κ3) is 4.08. The summed E-state index contributed by atoms with van der Waals surface area (Å²) < 4.78 is 6.01. The number of para-hydroxylation sites is 2. The molecule has 0 bridgehead atoms. The SMILES string of the molecule is Cc1[nH]nc2ncc(CNc3ccccc3OCCc3ccccc3)cc12. The smallest absolute Gasteiger partial charge is 0.181 e. The molecule has 27 heavy (non-hydrogen) atoms. The summed E-state index contributed by atoms with van der Waals surface area (Å²) in [5, 5.41) is 11.7. The van der Waals surface area contributed by atoms with Gasteiger partial charge in [0.15, 0.2) is 5.65 Å². The number of aromatic amines is 1. The lowest BCUT2D eigenvalue weighted by molar-refractivity contribution is 0.323. The molecule has 0 radical (unpaired) electrons. The van der Waals surface area contributed by atoms with Crippen molar-refractivity contribution in [2.45, 2.75) is 19.9 Å². The average molecular weight is 358 g/mol. The lowest BCUT2D eigenvalue weighted by atomic mass is 10.2. The van der Waals surface area contributed by atoms with Crippen molar-refractivity contribution in [3.05, 3.63) is 83.7 Å². The van der Waals surface area contributed by atoms with Crippen molar-refractivity contribution in [2.75, 3.05) is 11.9 Å². The van der Waals surface area contributed by atoms with E-state index in [1.807, 2.05) is 43.5 Å². The second-order valence-electron chi connectivity index (χ2n) is 6.50. The summed E-state index contributed by atoms with van der Waals surface area (Å²) in [6.07, 6.45) is 2.74. The highest BCUT2D eigenvalue weighted by molar-refractivity contribution is 5.77. The van der Waals surface area contributed by atoms with E-state index in [2.05, 4.69) is 50.8 Å². The number of H-pyrrole nitrogens is 1. The van der Waals surface area contributed by atoms with E-state index >= 15 is 0 Å². The van der Waals surface area contributed by atoms with Gasteiger partial charge >= 0.3 is 0 Å². The molecule has 0 unspecified atom stereocenters. The number of fused-ring (bicyclic) bond motifs is 1. The van der Waals surface area contributed by atoms with Gasteiger partial charge in [-0.15, -0.1) is 0 Å². The molecular formula is C22H22N4O. The predicted octanol–water partition coefficient (Wildman–Crippen LogP) is 4.50. The number of nitrogens with zero attached hydrogens (tertiary/aromatic N) is 2. The maximum absolute atomic E-state index is 6.01. The second-order valence-corrected chi connectivity index (χ2v) is 6.50. The van der Waals surface area contributed by atoms with E-state index in [1.54, 1.807) is 0 Å². The van der Waals surface area contributed by atoms with Crippen LogP contribution in [-0.2, 0) is 13.0 Å². The van der Waals surface area contributed by atoms with Crippen molar-refractivity contribution in [1.29, 1.82) is 0 Å². The lowest BCUT2D eigenvalue weighted by Gasteiger charge is -2.13. The number of anilines is 1. The fourth-order valence-electron chi connectivity index (χ4n) is 3.02. The summed E-state index contributed by atoms with van der Waals surface area (Å²) in [5.41, 5.74) is 5.14. The monoisotopic (exact) mass is 358 g/mol. The zero-order valence-electron chi connectivity index (χ0n) is 15.3. The van der Waals surface area contributed by atoms with Gasteiger partial charge in [0, 0.05) is 30.2 Å². The zero-order valence-corrected chi connectivity index (χ0v) is 15.3. The Bertz CT molecular complexity index is 1030. The Morgan fingerprint density at radius 2 is 1.81 bits per heavy atom. The molecule has 0 spiro atoms. The van der Waals surface area contributed by atoms with Crippen LogP contribution in [0.2, 0.25) is 0 Å². The quantitative estimate of drug-likeness (QED) is 0.511. The summed E-state index contributed by atoms with van der Waals surface area (Å²) in [4.78, 5) is 4.41. The molecule has 0 atom stereocenters. The predicted molar refractivity (Wildman–Crippen MR) is 108 cm³/mol. The fourth-order valence-corrected chi connectivity index (χ4v) is 3.02. The summed E-state index contributed by atoms with van der Waals surface area (Å²) >= 11 is 0. The van der Waals surface area contributed by atoms with Crippen molar-refractivity contribution in [3.8, 4) is 5.75 Å². The van der Waals surface area contributed by atoms with Gasteiger partial charge in [-0.05, 0) is 36.2 Å². The molecule has 0 saturated heterocycles. The molecule has 4 aromatic rings. The molecule has 2 heterocycles. The van der Waals surface area contributed by atoms with Gasteiger partial charge in [-0.25, -0.2) is 4.98 Å². The number of hydrogen-bond acceptors (Lipinski definition) is 4. The fraction of sp³-hybridized carbons (Fsp3) is 0.182. The van der Waals surface area contributed by atoms with Gasteiger partial charge in [0.1, 0.15) is 5.75 Å². The van der Waals surface area contributed by atoms with Gasteiger partial charge < -0.3 is 10.1 Å². The van der Waals surface area contributed by atoms with E-state index in [0.717, 1.165) is 40.1 Å². The number of benzene rings is 2. The van der Waals surface area contributed by atoms with Crippen LogP contribution < -0.4 is 10.1 Å². The van der Waals surface area contributed by atoms with Gasteiger partial charge in [0.05, 0.1) is 12.3 Å². The Kier molecular flexibility index (Phi) is 5.01. The van der Waals surface area contributed by atoms with Crippen LogP contribution in [0, 0.1) is 6.92 Å². The van der Waals surface area contributed by atoms with Crippen molar-refractivity contribution in [2.24, 2.45) is 0 Å². The molecule has 5 heteroatoms. The van der Waals surface area contributed by atoms with Crippen LogP contribution in [0.25, 0.3) is 11.0 Å². The van der Waals surface area contributed by atoms with Crippen molar-refractivity contribution in [1.82, 2.24) is 15.2 Å². The standard InChI is InChI=1S/C22H22N4O/c1-16-19-13-18(15-24-22(19)26-25-16)14-23-20-9-5-6-10-21(20)27-12-11-17-7-3-2-4-8-17/h2-10,13,15,23H,11-12,14H2,1H3,(H,24,25,26).